The summed E-state index contributed by atoms with van der Waals surface area (Å²) in [6.07, 6.45) is -1.42. The summed E-state index contributed by atoms with van der Waals surface area (Å²) in [6.45, 7) is 1.53. The number of ether oxygens (including phenoxy) is 1. The van der Waals surface area contributed by atoms with Gasteiger partial charge in [0.1, 0.15) is 11.8 Å². The first-order chi connectivity index (χ1) is 16.7. The van der Waals surface area contributed by atoms with E-state index in [0.717, 1.165) is 22.1 Å². The number of aromatic nitrogens is 3. The van der Waals surface area contributed by atoms with Crippen LogP contribution in [0.2, 0.25) is 0 Å². The van der Waals surface area contributed by atoms with Crippen LogP contribution in [0.25, 0.3) is 0 Å². The smallest absolute Gasteiger partial charge is 0.414 e. The number of aromatic amines is 1. The summed E-state index contributed by atoms with van der Waals surface area (Å²) in [5.74, 6) is -2.12. The van der Waals surface area contributed by atoms with Crippen molar-refractivity contribution in [2.75, 3.05) is 60.2 Å². The second-order valence-corrected chi connectivity index (χ2v) is 7.71. The van der Waals surface area contributed by atoms with Crippen molar-refractivity contribution in [1.29, 1.82) is 0 Å². The number of nitrogen functional groups attached to an aromatic ring is 1. The average molecular weight is 495 g/mol. The van der Waals surface area contributed by atoms with E-state index in [-0.39, 0.29) is 68.5 Å². The molecule has 2 aromatic rings. The zero-order chi connectivity index (χ0) is 25.1. The van der Waals surface area contributed by atoms with Gasteiger partial charge in [0, 0.05) is 32.1 Å². The van der Waals surface area contributed by atoms with E-state index in [1.54, 1.807) is 0 Å². The molecular formula is C19H23F2N9O5. The second-order valence-electron chi connectivity index (χ2n) is 7.71. The third kappa shape index (κ3) is 5.48. The Morgan fingerprint density at radius 1 is 1.26 bits per heavy atom. The van der Waals surface area contributed by atoms with Gasteiger partial charge in [-0.15, -0.1) is 5.10 Å². The Morgan fingerprint density at radius 3 is 2.66 bits per heavy atom. The molecule has 35 heavy (non-hydrogen) atoms. The Hall–Kier alpha value is -4.21. The van der Waals surface area contributed by atoms with E-state index >= 15 is 8.78 Å². The fraction of sp³-hybridized carbons (Fsp3) is 0.421. The maximum atomic E-state index is 15.0. The molecule has 2 aliphatic rings. The van der Waals surface area contributed by atoms with E-state index < -0.39 is 29.9 Å². The number of hydrogen-bond acceptors (Lipinski definition) is 9. The van der Waals surface area contributed by atoms with Crippen molar-refractivity contribution in [3.05, 3.63) is 23.8 Å². The number of anilines is 4. The number of hydroxylamine groups is 2. The van der Waals surface area contributed by atoms with Gasteiger partial charge >= 0.3 is 12.1 Å². The highest BCUT2D eigenvalue weighted by molar-refractivity contribution is 5.90. The van der Waals surface area contributed by atoms with E-state index in [0.29, 0.717) is 0 Å². The van der Waals surface area contributed by atoms with Crippen LogP contribution in [0.3, 0.4) is 0 Å². The van der Waals surface area contributed by atoms with E-state index in [2.05, 4.69) is 25.8 Å². The molecule has 2 fully saturated rings. The van der Waals surface area contributed by atoms with Crippen LogP contribution in [-0.2, 0) is 14.4 Å². The molecule has 3 heterocycles. The van der Waals surface area contributed by atoms with Crippen molar-refractivity contribution in [3.8, 4) is 0 Å². The van der Waals surface area contributed by atoms with Gasteiger partial charge in [0.25, 0.3) is 5.95 Å². The maximum absolute atomic E-state index is 15.0. The number of amides is 4. The number of carbonyl (C=O) groups is 3. The molecular weight excluding hydrogens is 472 g/mol. The van der Waals surface area contributed by atoms with Crippen LogP contribution >= 0.6 is 0 Å². The number of nitrogens with one attached hydrogen (secondary N) is 3. The number of urea groups is 1. The predicted octanol–water partition coefficient (Wildman–Crippen LogP) is 0.412. The average Bonchev–Trinajstić information content (AvgIpc) is 3.28. The van der Waals surface area contributed by atoms with Gasteiger partial charge < -0.3 is 20.7 Å². The monoisotopic (exact) mass is 495 g/mol. The molecule has 0 bridgehead atoms. The topological polar surface area (TPSA) is 171 Å². The van der Waals surface area contributed by atoms with Crippen LogP contribution in [0.4, 0.5) is 41.6 Å². The molecule has 0 unspecified atom stereocenters. The van der Waals surface area contributed by atoms with Crippen molar-refractivity contribution in [2.45, 2.75) is 13.0 Å². The highest BCUT2D eigenvalue weighted by Crippen LogP contribution is 2.31. The number of cyclic esters (lactones) is 1. The Bertz CT molecular complexity index is 1110. The number of nitrogens with two attached hydrogens (primary N) is 1. The Balaban J connectivity index is 1.41. The molecule has 188 valence electrons. The van der Waals surface area contributed by atoms with Gasteiger partial charge in [-0.25, -0.2) is 28.5 Å². The summed E-state index contributed by atoms with van der Waals surface area (Å²) in [5.41, 5.74) is 5.08. The molecule has 1 atom stereocenters. The zero-order valence-electron chi connectivity index (χ0n) is 18.6. The number of hydrogen-bond donors (Lipinski definition) is 4. The minimum atomic E-state index is -0.896. The first-order valence-corrected chi connectivity index (χ1v) is 10.6. The molecule has 0 spiro atoms. The number of benzene rings is 1. The fourth-order valence-corrected chi connectivity index (χ4v) is 3.63. The van der Waals surface area contributed by atoms with E-state index in [4.69, 9.17) is 15.3 Å². The van der Waals surface area contributed by atoms with Gasteiger partial charge in [-0.2, -0.15) is 4.98 Å². The van der Waals surface area contributed by atoms with Crippen LogP contribution < -0.4 is 26.2 Å². The highest BCUT2D eigenvalue weighted by Gasteiger charge is 2.34. The summed E-state index contributed by atoms with van der Waals surface area (Å²) in [7, 11) is 0. The number of nitrogens with zero attached hydrogens (tertiary/aromatic N) is 5. The van der Waals surface area contributed by atoms with Crippen LogP contribution in [0, 0.1) is 11.6 Å². The Kier molecular flexibility index (Phi) is 6.81. The first-order valence-electron chi connectivity index (χ1n) is 10.6. The first kappa shape index (κ1) is 23.9. The molecule has 0 aliphatic carbocycles. The standard InChI is InChI=1S/C19H23F2N9O5/c1-10(31)23-8-12-9-29(19(33)35-12)11-6-13(20)15(14(21)7-11)28-2-3-30(34-5-4-28)18(32)25-17-24-16(22)26-27-17/h6-7,12H,2-5,8-9H2,1H3,(H,23,31)(H4,22,24,25,26,27,32)/t12-/m0/s1. The molecule has 0 radical (unpaired) electrons. The van der Waals surface area contributed by atoms with E-state index in [9.17, 15) is 14.4 Å². The molecule has 5 N–H and O–H groups in total. The molecule has 1 aromatic heterocycles. The van der Waals surface area contributed by atoms with Crippen molar-refractivity contribution in [1.82, 2.24) is 25.6 Å². The molecule has 16 heteroatoms. The lowest BCUT2D eigenvalue weighted by Crippen LogP contribution is -2.37. The van der Waals surface area contributed by atoms with Gasteiger partial charge in [0.2, 0.25) is 11.9 Å². The Morgan fingerprint density at radius 2 is 2.00 bits per heavy atom. The molecule has 4 amide bonds. The van der Waals surface area contributed by atoms with E-state index in [1.165, 1.54) is 11.8 Å². The van der Waals surface area contributed by atoms with Crippen molar-refractivity contribution >= 4 is 41.3 Å². The third-order valence-corrected chi connectivity index (χ3v) is 5.21. The van der Waals surface area contributed by atoms with Crippen LogP contribution in [0.15, 0.2) is 12.1 Å². The molecule has 0 saturated carbocycles. The number of carbonyl (C=O) groups excluding carboxylic acids is 3. The zero-order valence-corrected chi connectivity index (χ0v) is 18.6. The fourth-order valence-electron chi connectivity index (χ4n) is 3.63. The number of H-pyrrole nitrogens is 1. The molecule has 2 aliphatic heterocycles. The Labute approximate surface area is 197 Å². The SMILES string of the molecule is CC(=O)NC[C@H]1CN(c2cc(F)c(N3CCON(C(=O)Nc4n[nH]c(N)n4)CC3)c(F)c2)C(=O)O1. The van der Waals surface area contributed by atoms with Crippen molar-refractivity contribution < 1.29 is 32.7 Å². The summed E-state index contributed by atoms with van der Waals surface area (Å²) < 4.78 is 35.2. The molecule has 1 aromatic carbocycles. The third-order valence-electron chi connectivity index (χ3n) is 5.21. The second kappa shape index (κ2) is 9.96. The number of rotatable bonds is 5. The van der Waals surface area contributed by atoms with E-state index in [1.807, 2.05) is 0 Å². The minimum Gasteiger partial charge on any atom is -0.442 e. The van der Waals surface area contributed by atoms with Gasteiger partial charge in [0.05, 0.1) is 31.9 Å². The normalized spacial score (nSPS) is 18.3. The molecule has 2 saturated heterocycles. The largest absolute Gasteiger partial charge is 0.442 e. The number of halogens is 2. The lowest BCUT2D eigenvalue weighted by molar-refractivity contribution is -0.119. The van der Waals surface area contributed by atoms with Gasteiger partial charge in [0.15, 0.2) is 11.6 Å². The van der Waals surface area contributed by atoms with Gasteiger partial charge in [-0.1, -0.05) is 0 Å². The summed E-state index contributed by atoms with van der Waals surface area (Å²) in [4.78, 5) is 47.2. The van der Waals surface area contributed by atoms with Gasteiger partial charge in [-0.3, -0.25) is 19.8 Å². The van der Waals surface area contributed by atoms with Crippen LogP contribution in [0.5, 0.6) is 0 Å². The van der Waals surface area contributed by atoms with Crippen molar-refractivity contribution in [2.24, 2.45) is 0 Å². The predicted molar refractivity (Wildman–Crippen MR) is 117 cm³/mol. The summed E-state index contributed by atoms with van der Waals surface area (Å²) >= 11 is 0. The maximum Gasteiger partial charge on any atom is 0.414 e. The quantitative estimate of drug-likeness (QED) is 0.459. The summed E-state index contributed by atoms with van der Waals surface area (Å²) in [6, 6.07) is 1.39. The summed E-state index contributed by atoms with van der Waals surface area (Å²) in [5, 5.41) is 12.0. The lowest BCUT2D eigenvalue weighted by atomic mass is 10.2. The van der Waals surface area contributed by atoms with Crippen LogP contribution in [-0.4, -0.2) is 83.7 Å². The minimum absolute atomic E-state index is 0.0167. The van der Waals surface area contributed by atoms with Crippen molar-refractivity contribution in [3.63, 3.8) is 0 Å². The lowest BCUT2D eigenvalue weighted by Gasteiger charge is -2.24. The molecule has 14 nitrogen and oxygen atoms in total. The van der Waals surface area contributed by atoms with Gasteiger partial charge in [-0.05, 0) is 0 Å². The van der Waals surface area contributed by atoms with Crippen LogP contribution in [0.1, 0.15) is 6.92 Å². The highest BCUT2D eigenvalue weighted by atomic mass is 19.1. The molecule has 4 rings (SSSR count).